The lowest BCUT2D eigenvalue weighted by atomic mass is 9.77. The molecule has 1 rings (SSSR count). The number of hydrogen-bond acceptors (Lipinski definition) is 0. The summed E-state index contributed by atoms with van der Waals surface area (Å²) in [6.07, 6.45) is 4.26. The van der Waals surface area contributed by atoms with Crippen molar-refractivity contribution in [2.45, 2.75) is 47.0 Å². The van der Waals surface area contributed by atoms with E-state index >= 15 is 0 Å². The maximum absolute atomic E-state index is 2.45. The van der Waals surface area contributed by atoms with Gasteiger partial charge in [-0.15, -0.1) is 0 Å². The predicted molar refractivity (Wildman–Crippen MR) is 46.0 cm³/mol. The second-order valence-electron chi connectivity index (χ2n) is 4.31. The summed E-state index contributed by atoms with van der Waals surface area (Å²) in [5.41, 5.74) is 0.666. The van der Waals surface area contributed by atoms with Crippen LogP contribution in [0.3, 0.4) is 0 Å². The van der Waals surface area contributed by atoms with Crippen LogP contribution in [0, 0.1) is 17.3 Å². The molecule has 0 spiro atoms. The van der Waals surface area contributed by atoms with Crippen LogP contribution in [0.5, 0.6) is 0 Å². The van der Waals surface area contributed by atoms with Crippen LogP contribution < -0.4 is 0 Å². The second kappa shape index (κ2) is 2.56. The summed E-state index contributed by atoms with van der Waals surface area (Å²) in [6.45, 7) is 9.59. The Bertz CT molecular complexity index is 117. The molecule has 0 nitrogen and oxygen atoms in total. The van der Waals surface area contributed by atoms with E-state index in [0.29, 0.717) is 5.41 Å². The highest BCUT2D eigenvalue weighted by molar-refractivity contribution is 4.88. The Kier molecular flexibility index (Phi) is 2.07. The Hall–Kier alpha value is 0. The van der Waals surface area contributed by atoms with E-state index < -0.39 is 0 Å². The van der Waals surface area contributed by atoms with Crippen LogP contribution >= 0.6 is 0 Å². The second-order valence-corrected chi connectivity index (χ2v) is 4.31. The van der Waals surface area contributed by atoms with Gasteiger partial charge in [-0.3, -0.25) is 0 Å². The molecule has 10 heavy (non-hydrogen) atoms. The zero-order valence-corrected chi connectivity index (χ0v) is 7.78. The molecule has 1 aliphatic rings. The maximum Gasteiger partial charge on any atom is -0.0300 e. The quantitative estimate of drug-likeness (QED) is 0.523. The minimum atomic E-state index is 0.666. The Morgan fingerprint density at radius 3 is 2.20 bits per heavy atom. The van der Waals surface area contributed by atoms with Crippen molar-refractivity contribution < 1.29 is 0 Å². The lowest BCUT2D eigenvalue weighted by molar-refractivity contribution is 0.210. The fraction of sp³-hybridized carbons (Fsp3) is 1.00. The minimum Gasteiger partial charge on any atom is -0.0649 e. The standard InChI is InChI=1S/C10H20/c1-5-10(4)7-6-8(2)9(10)3/h8-9H,5-7H2,1-4H3. The molecular weight excluding hydrogens is 120 g/mol. The lowest BCUT2D eigenvalue weighted by Gasteiger charge is -2.29. The summed E-state index contributed by atoms with van der Waals surface area (Å²) in [5.74, 6) is 1.91. The SMILES string of the molecule is CCC1(C)CCC(C)C1C. The van der Waals surface area contributed by atoms with Crippen LogP contribution in [0.2, 0.25) is 0 Å². The molecule has 3 unspecified atom stereocenters. The molecule has 0 heterocycles. The van der Waals surface area contributed by atoms with Crippen LogP contribution in [0.4, 0.5) is 0 Å². The van der Waals surface area contributed by atoms with E-state index in [1.807, 2.05) is 0 Å². The van der Waals surface area contributed by atoms with E-state index in [2.05, 4.69) is 27.7 Å². The Balaban J connectivity index is 2.64. The summed E-state index contributed by atoms with van der Waals surface area (Å²) < 4.78 is 0. The first-order chi connectivity index (χ1) is 4.60. The number of hydrogen-bond donors (Lipinski definition) is 0. The van der Waals surface area contributed by atoms with Crippen molar-refractivity contribution in [2.75, 3.05) is 0 Å². The predicted octanol–water partition coefficient (Wildman–Crippen LogP) is 3.47. The highest BCUT2D eigenvalue weighted by atomic mass is 14.4. The highest BCUT2D eigenvalue weighted by Crippen LogP contribution is 2.48. The molecule has 60 valence electrons. The molecule has 0 aliphatic heterocycles. The average Bonchev–Trinajstić information content (AvgIpc) is 2.19. The molecule has 0 saturated heterocycles. The molecule has 1 fully saturated rings. The molecule has 0 bridgehead atoms. The summed E-state index contributed by atoms with van der Waals surface area (Å²) in [5, 5.41) is 0. The Labute approximate surface area is 65.0 Å². The fourth-order valence-electron chi connectivity index (χ4n) is 2.22. The summed E-state index contributed by atoms with van der Waals surface area (Å²) in [6, 6.07) is 0. The van der Waals surface area contributed by atoms with Crippen LogP contribution in [0.15, 0.2) is 0 Å². The van der Waals surface area contributed by atoms with Gasteiger partial charge in [-0.05, 0) is 30.1 Å². The third-order valence-electron chi connectivity index (χ3n) is 3.93. The first-order valence-corrected chi connectivity index (χ1v) is 4.60. The topological polar surface area (TPSA) is 0 Å². The van der Waals surface area contributed by atoms with Gasteiger partial charge in [-0.2, -0.15) is 0 Å². The van der Waals surface area contributed by atoms with E-state index in [0.717, 1.165) is 11.8 Å². The molecule has 3 atom stereocenters. The van der Waals surface area contributed by atoms with Gasteiger partial charge in [-0.1, -0.05) is 34.1 Å². The van der Waals surface area contributed by atoms with Crippen molar-refractivity contribution in [3.8, 4) is 0 Å². The lowest BCUT2D eigenvalue weighted by Crippen LogP contribution is -2.20. The third-order valence-corrected chi connectivity index (χ3v) is 3.93. The Morgan fingerprint density at radius 1 is 1.40 bits per heavy atom. The molecule has 0 aromatic rings. The van der Waals surface area contributed by atoms with Gasteiger partial charge in [0.15, 0.2) is 0 Å². The monoisotopic (exact) mass is 140 g/mol. The molecule has 0 heteroatoms. The van der Waals surface area contributed by atoms with Gasteiger partial charge in [0.2, 0.25) is 0 Å². The zero-order chi connectivity index (χ0) is 7.78. The Morgan fingerprint density at radius 2 is 2.00 bits per heavy atom. The van der Waals surface area contributed by atoms with E-state index in [-0.39, 0.29) is 0 Å². The maximum atomic E-state index is 2.45. The van der Waals surface area contributed by atoms with Crippen LogP contribution in [0.1, 0.15) is 47.0 Å². The molecule has 0 amide bonds. The van der Waals surface area contributed by atoms with Gasteiger partial charge in [-0.25, -0.2) is 0 Å². The highest BCUT2D eigenvalue weighted by Gasteiger charge is 2.38. The minimum absolute atomic E-state index is 0.666. The molecule has 0 aromatic carbocycles. The van der Waals surface area contributed by atoms with Crippen LogP contribution in [-0.2, 0) is 0 Å². The first kappa shape index (κ1) is 8.10. The van der Waals surface area contributed by atoms with Crippen LogP contribution in [-0.4, -0.2) is 0 Å². The summed E-state index contributed by atoms with van der Waals surface area (Å²) in [7, 11) is 0. The average molecular weight is 140 g/mol. The summed E-state index contributed by atoms with van der Waals surface area (Å²) in [4.78, 5) is 0. The third kappa shape index (κ3) is 1.09. The van der Waals surface area contributed by atoms with E-state index in [9.17, 15) is 0 Å². The van der Waals surface area contributed by atoms with Crippen molar-refractivity contribution in [1.29, 1.82) is 0 Å². The molecule has 0 aromatic heterocycles. The fourth-order valence-corrected chi connectivity index (χ4v) is 2.22. The van der Waals surface area contributed by atoms with Gasteiger partial charge in [0, 0.05) is 0 Å². The zero-order valence-electron chi connectivity index (χ0n) is 7.78. The normalized spacial score (nSPS) is 48.0. The van der Waals surface area contributed by atoms with Gasteiger partial charge >= 0.3 is 0 Å². The van der Waals surface area contributed by atoms with E-state index in [1.54, 1.807) is 0 Å². The first-order valence-electron chi connectivity index (χ1n) is 4.60. The van der Waals surface area contributed by atoms with Gasteiger partial charge in [0.05, 0.1) is 0 Å². The van der Waals surface area contributed by atoms with E-state index in [4.69, 9.17) is 0 Å². The molecule has 1 aliphatic carbocycles. The van der Waals surface area contributed by atoms with Gasteiger partial charge < -0.3 is 0 Å². The molecule has 0 radical (unpaired) electrons. The molecular formula is C10H20. The largest absolute Gasteiger partial charge is 0.0649 e. The van der Waals surface area contributed by atoms with Crippen LogP contribution in [0.25, 0.3) is 0 Å². The van der Waals surface area contributed by atoms with Gasteiger partial charge in [0.1, 0.15) is 0 Å². The summed E-state index contributed by atoms with van der Waals surface area (Å²) >= 11 is 0. The molecule has 1 saturated carbocycles. The smallest absolute Gasteiger partial charge is 0.0300 e. The van der Waals surface area contributed by atoms with Crippen molar-refractivity contribution in [2.24, 2.45) is 17.3 Å². The van der Waals surface area contributed by atoms with Gasteiger partial charge in [0.25, 0.3) is 0 Å². The van der Waals surface area contributed by atoms with Crippen molar-refractivity contribution in [3.05, 3.63) is 0 Å². The van der Waals surface area contributed by atoms with Crippen molar-refractivity contribution in [1.82, 2.24) is 0 Å². The number of rotatable bonds is 1. The van der Waals surface area contributed by atoms with Crippen molar-refractivity contribution in [3.63, 3.8) is 0 Å². The van der Waals surface area contributed by atoms with E-state index in [1.165, 1.54) is 19.3 Å². The molecule has 0 N–H and O–H groups in total. The van der Waals surface area contributed by atoms with Crippen molar-refractivity contribution >= 4 is 0 Å².